The van der Waals surface area contributed by atoms with Crippen LogP contribution in [0.15, 0.2) is 18.2 Å². The number of ether oxygens (including phenoxy) is 2. The van der Waals surface area contributed by atoms with Crippen molar-refractivity contribution in [3.63, 3.8) is 0 Å². The number of imide groups is 1. The Hall–Kier alpha value is -4.33. The summed E-state index contributed by atoms with van der Waals surface area (Å²) >= 11 is 1.29. The van der Waals surface area contributed by atoms with Gasteiger partial charge in [0, 0.05) is 12.5 Å². The van der Waals surface area contributed by atoms with E-state index in [0.717, 1.165) is 12.8 Å². The molecular weight excluding hydrogens is 555 g/mol. The van der Waals surface area contributed by atoms with E-state index < -0.39 is 29.3 Å². The minimum atomic E-state index is -0.955. The number of halogens is 1. The number of nitrogens with zero attached hydrogens (tertiary/aromatic N) is 3. The lowest BCUT2D eigenvalue weighted by atomic mass is 10.0. The normalized spacial score (nSPS) is 18.8. The highest BCUT2D eigenvalue weighted by Crippen LogP contribution is 2.42. The summed E-state index contributed by atoms with van der Waals surface area (Å²) in [4.78, 5) is 60.1. The van der Waals surface area contributed by atoms with E-state index in [-0.39, 0.29) is 54.6 Å². The molecule has 214 valence electrons. The topological polar surface area (TPSA) is 152 Å². The number of piperidine rings is 1. The number of fused-ring (bicyclic) bond motifs is 2. The quantitative estimate of drug-likeness (QED) is 0.359. The third kappa shape index (κ3) is 5.03. The zero-order valence-corrected chi connectivity index (χ0v) is 23.3. The molecule has 3 aromatic rings. The van der Waals surface area contributed by atoms with Crippen LogP contribution in [0.5, 0.6) is 11.5 Å². The summed E-state index contributed by atoms with van der Waals surface area (Å²) in [6, 6.07) is 3.30. The third-order valence-corrected chi connectivity index (χ3v) is 8.48. The predicted octanol–water partition coefficient (Wildman–Crippen LogP) is 3.20. The molecule has 1 saturated carbocycles. The van der Waals surface area contributed by atoms with Crippen molar-refractivity contribution in [3.05, 3.63) is 40.3 Å². The molecule has 3 aliphatic rings. The number of carbonyl (C=O) groups is 4. The maximum absolute atomic E-state index is 15.0. The van der Waals surface area contributed by atoms with Crippen LogP contribution in [0.2, 0.25) is 0 Å². The first-order valence-electron chi connectivity index (χ1n) is 13.1. The highest BCUT2D eigenvalue weighted by atomic mass is 32.1. The number of hydrogen-bond donors (Lipinski definition) is 3. The second kappa shape index (κ2) is 9.94. The first-order chi connectivity index (χ1) is 19.5. The lowest BCUT2D eigenvalue weighted by molar-refractivity contribution is -0.136. The second-order valence-electron chi connectivity index (χ2n) is 10.7. The summed E-state index contributed by atoms with van der Waals surface area (Å²) in [6.45, 7) is 3.62. The highest BCUT2D eigenvalue weighted by Gasteiger charge is 2.40. The van der Waals surface area contributed by atoms with Gasteiger partial charge in [-0.3, -0.25) is 25.0 Å². The van der Waals surface area contributed by atoms with Crippen molar-refractivity contribution in [1.82, 2.24) is 25.5 Å². The van der Waals surface area contributed by atoms with Gasteiger partial charge in [-0.1, -0.05) is 0 Å². The van der Waals surface area contributed by atoms with Crippen molar-refractivity contribution < 1.29 is 33.0 Å². The van der Waals surface area contributed by atoms with E-state index in [1.165, 1.54) is 29.4 Å². The number of methoxy groups -OCH3 is 1. The molecule has 1 unspecified atom stereocenters. The average Bonchev–Trinajstić information content (AvgIpc) is 3.53. The number of benzene rings is 1. The van der Waals surface area contributed by atoms with E-state index in [0.29, 0.717) is 26.5 Å². The van der Waals surface area contributed by atoms with Gasteiger partial charge in [-0.25, -0.2) is 14.8 Å². The maximum atomic E-state index is 15.0. The number of urea groups is 1. The van der Waals surface area contributed by atoms with E-state index >= 15 is 4.39 Å². The van der Waals surface area contributed by atoms with Crippen molar-refractivity contribution >= 4 is 51.1 Å². The Balaban J connectivity index is 1.17. The van der Waals surface area contributed by atoms with Gasteiger partial charge in [-0.2, -0.15) is 4.39 Å². The fraction of sp³-hybridized carbons (Fsp3) is 0.407. The zero-order valence-electron chi connectivity index (χ0n) is 22.5. The Labute approximate surface area is 237 Å². The largest absolute Gasteiger partial charge is 0.493 e. The molecule has 12 nitrogen and oxygen atoms in total. The molecule has 5 amide bonds. The predicted molar refractivity (Wildman–Crippen MR) is 145 cm³/mol. The first-order valence-corrected chi connectivity index (χ1v) is 13.9. The summed E-state index contributed by atoms with van der Waals surface area (Å²) in [6.07, 6.45) is 2.04. The minimum Gasteiger partial charge on any atom is -0.493 e. The molecule has 1 saturated heterocycles. The van der Waals surface area contributed by atoms with Gasteiger partial charge in [0.25, 0.3) is 5.91 Å². The molecule has 1 atom stereocenters. The van der Waals surface area contributed by atoms with Crippen LogP contribution in [-0.2, 0) is 21.7 Å². The molecule has 3 N–H and O–H groups in total. The lowest BCUT2D eigenvalue weighted by Gasteiger charge is -2.29. The highest BCUT2D eigenvalue weighted by molar-refractivity contribution is 7.18. The maximum Gasteiger partial charge on any atom is 0.321 e. The number of carbonyl (C=O) groups excluding carboxylic acids is 4. The van der Waals surface area contributed by atoms with Crippen LogP contribution in [0.25, 0.3) is 10.2 Å². The lowest BCUT2D eigenvalue weighted by Crippen LogP contribution is -2.52. The third-order valence-electron chi connectivity index (χ3n) is 7.15. The zero-order chi connectivity index (χ0) is 29.1. The van der Waals surface area contributed by atoms with Gasteiger partial charge in [-0.15, -0.1) is 11.3 Å². The van der Waals surface area contributed by atoms with Crippen molar-refractivity contribution in [2.45, 2.75) is 63.8 Å². The van der Waals surface area contributed by atoms with Gasteiger partial charge in [0.05, 0.1) is 41.3 Å². The Bertz CT molecular complexity index is 1620. The fourth-order valence-electron chi connectivity index (χ4n) is 4.86. The summed E-state index contributed by atoms with van der Waals surface area (Å²) in [7, 11) is 1.39. The second-order valence-corrected chi connectivity index (χ2v) is 11.7. The van der Waals surface area contributed by atoms with Crippen molar-refractivity contribution in [1.29, 1.82) is 0 Å². The van der Waals surface area contributed by atoms with E-state index in [4.69, 9.17) is 9.47 Å². The number of anilines is 1. The number of nitrogens with one attached hydrogen (secondary N) is 3. The first kappa shape index (κ1) is 26.9. The Kier molecular flexibility index (Phi) is 6.52. The van der Waals surface area contributed by atoms with E-state index in [1.54, 1.807) is 26.0 Å². The number of rotatable bonds is 7. The minimum absolute atomic E-state index is 0.0481. The molecule has 4 heterocycles. The van der Waals surface area contributed by atoms with Crippen molar-refractivity contribution in [3.8, 4) is 11.5 Å². The number of amides is 5. The molecule has 6 rings (SSSR count). The molecule has 1 aliphatic carbocycles. The van der Waals surface area contributed by atoms with Crippen LogP contribution in [0.1, 0.15) is 60.6 Å². The number of hydrogen-bond acceptors (Lipinski definition) is 9. The van der Waals surface area contributed by atoms with Crippen LogP contribution in [0.4, 0.5) is 15.0 Å². The number of aromatic nitrogens is 2. The number of pyridine rings is 1. The molecule has 2 aromatic heterocycles. The van der Waals surface area contributed by atoms with Gasteiger partial charge < -0.3 is 19.7 Å². The summed E-state index contributed by atoms with van der Waals surface area (Å²) in [5.74, 6) is -1.51. The van der Waals surface area contributed by atoms with Crippen LogP contribution in [0.3, 0.4) is 0 Å². The monoisotopic (exact) mass is 582 g/mol. The van der Waals surface area contributed by atoms with Gasteiger partial charge >= 0.3 is 6.03 Å². The molecule has 2 aliphatic heterocycles. The van der Waals surface area contributed by atoms with Crippen LogP contribution >= 0.6 is 11.3 Å². The van der Waals surface area contributed by atoms with Gasteiger partial charge in [0.1, 0.15) is 22.4 Å². The van der Waals surface area contributed by atoms with Crippen LogP contribution in [-0.4, -0.2) is 57.9 Å². The SMILES string of the molecule is COc1cc2sc(C(C)(C)NC(=O)Nc3ccc4c(n3)CN(C3CCC(=O)NC3=O)C4=O)nc2c(OC2CC2)c1F. The average molecular weight is 583 g/mol. The van der Waals surface area contributed by atoms with E-state index in [1.807, 2.05) is 0 Å². The summed E-state index contributed by atoms with van der Waals surface area (Å²) < 4.78 is 26.7. The standard InChI is InChI=1S/C27H27FN6O6S/c1-27(2,25-32-21-17(41-25)10-16(39-3)20(28)22(21)40-12-4-5-12)33-26(38)30-18-8-6-13-14(29-18)11-34(24(13)37)15-7-9-19(35)31-23(15)36/h6,8,10,12,15H,4-5,7,9,11H2,1-3H3,(H,31,35,36)(H2,29,30,33,38). The molecule has 0 radical (unpaired) electrons. The Morgan fingerprint density at radius 1 is 1.20 bits per heavy atom. The molecule has 1 aromatic carbocycles. The van der Waals surface area contributed by atoms with Crippen molar-refractivity contribution in [2.24, 2.45) is 0 Å². The van der Waals surface area contributed by atoms with Gasteiger partial charge in [-0.05, 0) is 45.2 Å². The molecule has 0 spiro atoms. The molecule has 0 bridgehead atoms. The summed E-state index contributed by atoms with van der Waals surface area (Å²) in [5.41, 5.74) is 0.171. The van der Waals surface area contributed by atoms with Crippen LogP contribution < -0.4 is 25.4 Å². The number of thiazole rings is 1. The fourth-order valence-corrected chi connectivity index (χ4v) is 5.91. The van der Waals surface area contributed by atoms with Gasteiger partial charge in [0.2, 0.25) is 17.6 Å². The molecule has 2 fully saturated rings. The molecule has 14 heteroatoms. The Morgan fingerprint density at radius 3 is 2.68 bits per heavy atom. The van der Waals surface area contributed by atoms with E-state index in [9.17, 15) is 19.2 Å². The van der Waals surface area contributed by atoms with Crippen LogP contribution in [0, 0.1) is 5.82 Å². The summed E-state index contributed by atoms with van der Waals surface area (Å²) in [5, 5.41) is 8.35. The molecule has 41 heavy (non-hydrogen) atoms. The van der Waals surface area contributed by atoms with Gasteiger partial charge in [0.15, 0.2) is 11.5 Å². The van der Waals surface area contributed by atoms with Crippen molar-refractivity contribution in [2.75, 3.05) is 12.4 Å². The smallest absolute Gasteiger partial charge is 0.321 e. The Morgan fingerprint density at radius 2 is 1.98 bits per heavy atom. The van der Waals surface area contributed by atoms with E-state index in [2.05, 4.69) is 25.9 Å². The molecular formula is C27H27FN6O6S.